The van der Waals surface area contributed by atoms with E-state index in [4.69, 9.17) is 4.42 Å². The fourth-order valence-corrected chi connectivity index (χ4v) is 2.15. The Labute approximate surface area is 115 Å². The molecule has 0 aromatic carbocycles. The van der Waals surface area contributed by atoms with Gasteiger partial charge in [-0.05, 0) is 6.92 Å². The molecule has 20 heavy (non-hydrogen) atoms. The average Bonchev–Trinajstić information content (AvgIpc) is 2.49. The third-order valence-electron chi connectivity index (χ3n) is 3.20. The molecule has 0 unspecified atom stereocenters. The number of pyridine rings is 2. The lowest BCUT2D eigenvalue weighted by atomic mass is 10.1. The maximum absolute atomic E-state index is 10.1. The van der Waals surface area contributed by atoms with Gasteiger partial charge in [-0.2, -0.15) is 4.57 Å². The molecule has 0 fully saturated rings. The van der Waals surface area contributed by atoms with E-state index in [1.165, 1.54) is 0 Å². The maximum Gasteiger partial charge on any atom is 0.230 e. The van der Waals surface area contributed by atoms with Gasteiger partial charge in [-0.3, -0.25) is 4.98 Å². The fraction of sp³-hybridized carbons (Fsp3) is 0.133. The molecule has 1 N–H and O–H groups in total. The molecule has 0 bridgehead atoms. The second kappa shape index (κ2) is 4.86. The first kappa shape index (κ1) is 12.5. The van der Waals surface area contributed by atoms with E-state index in [0.29, 0.717) is 22.5 Å². The number of rotatable bonds is 2. The van der Waals surface area contributed by atoms with E-state index in [1.807, 2.05) is 30.6 Å². The van der Waals surface area contributed by atoms with Gasteiger partial charge in [0.05, 0.1) is 17.9 Å². The standard InChI is InChI=1S/C15H13N3O2/c1-10-14-12(11(9-19)8-17-10)7-13(15(16)20-14)18-5-3-2-4-6-18/h2-8,19H,9H2,1H3. The Bertz CT molecular complexity index is 826. The smallest absolute Gasteiger partial charge is 0.230 e. The lowest BCUT2D eigenvalue weighted by Gasteiger charge is -2.08. The number of hydrogen-bond donors (Lipinski definition) is 1. The van der Waals surface area contributed by atoms with E-state index in [2.05, 4.69) is 4.98 Å². The highest BCUT2D eigenvalue weighted by Gasteiger charge is 2.12. The lowest BCUT2D eigenvalue weighted by Crippen LogP contribution is -2.35. The van der Waals surface area contributed by atoms with Gasteiger partial charge in [0.25, 0.3) is 0 Å². The van der Waals surface area contributed by atoms with Crippen molar-refractivity contribution >= 4 is 11.0 Å². The van der Waals surface area contributed by atoms with E-state index < -0.39 is 0 Å². The van der Waals surface area contributed by atoms with Gasteiger partial charge in [-0.25, -0.2) is 0 Å². The van der Waals surface area contributed by atoms with Gasteiger partial charge < -0.3 is 14.9 Å². The summed E-state index contributed by atoms with van der Waals surface area (Å²) in [5.74, 6) is 0. The summed E-state index contributed by atoms with van der Waals surface area (Å²) in [7, 11) is 0. The minimum absolute atomic E-state index is 0.136. The van der Waals surface area contributed by atoms with Crippen LogP contribution in [-0.2, 0) is 6.61 Å². The number of aliphatic hydroxyl groups excluding tert-OH is 1. The van der Waals surface area contributed by atoms with Crippen LogP contribution >= 0.6 is 0 Å². The molecule has 0 spiro atoms. The van der Waals surface area contributed by atoms with Gasteiger partial charge in [0.15, 0.2) is 18.0 Å². The van der Waals surface area contributed by atoms with Crippen LogP contribution in [0.25, 0.3) is 22.1 Å². The minimum Gasteiger partial charge on any atom is -0.765 e. The largest absolute Gasteiger partial charge is 0.765 e. The summed E-state index contributed by atoms with van der Waals surface area (Å²) in [6.45, 7) is 1.66. The van der Waals surface area contributed by atoms with Crippen LogP contribution in [0.4, 0.5) is 0 Å². The van der Waals surface area contributed by atoms with Crippen LogP contribution in [-0.4, -0.2) is 10.1 Å². The highest BCUT2D eigenvalue weighted by atomic mass is 16.3. The number of hydrogen-bond acceptors (Lipinski definition) is 3. The van der Waals surface area contributed by atoms with Crippen LogP contribution in [0.2, 0.25) is 0 Å². The van der Waals surface area contributed by atoms with Crippen molar-refractivity contribution in [1.29, 1.82) is 0 Å². The van der Waals surface area contributed by atoms with Gasteiger partial charge in [0.2, 0.25) is 5.69 Å². The Morgan fingerprint density at radius 3 is 2.75 bits per heavy atom. The van der Waals surface area contributed by atoms with Crippen LogP contribution in [0.5, 0.6) is 0 Å². The predicted octanol–water partition coefficient (Wildman–Crippen LogP) is 1.38. The molecule has 0 amide bonds. The van der Waals surface area contributed by atoms with Crippen molar-refractivity contribution in [3.63, 3.8) is 0 Å². The van der Waals surface area contributed by atoms with Crippen molar-refractivity contribution in [3.05, 3.63) is 65.1 Å². The summed E-state index contributed by atoms with van der Waals surface area (Å²) in [6.07, 6.45) is 5.23. The summed E-state index contributed by atoms with van der Waals surface area (Å²) in [6, 6.07) is 7.39. The Balaban J connectivity index is 2.36. The first-order chi connectivity index (χ1) is 9.70. The molecule has 0 atom stereocenters. The van der Waals surface area contributed by atoms with Crippen LogP contribution < -0.4 is 10.1 Å². The zero-order valence-corrected chi connectivity index (χ0v) is 10.9. The summed E-state index contributed by atoms with van der Waals surface area (Å²) in [5.41, 5.74) is 2.13. The maximum atomic E-state index is 10.1. The first-order valence-electron chi connectivity index (χ1n) is 6.22. The molecule has 0 aliphatic rings. The second-order valence-corrected chi connectivity index (χ2v) is 4.49. The van der Waals surface area contributed by atoms with E-state index in [1.54, 1.807) is 23.8 Å². The summed E-state index contributed by atoms with van der Waals surface area (Å²) in [5, 5.41) is 20.2. The lowest BCUT2D eigenvalue weighted by molar-refractivity contribution is -0.597. The van der Waals surface area contributed by atoms with Crippen molar-refractivity contribution in [2.45, 2.75) is 13.5 Å². The van der Waals surface area contributed by atoms with Crippen molar-refractivity contribution in [2.24, 2.45) is 0 Å². The molecular weight excluding hydrogens is 254 g/mol. The van der Waals surface area contributed by atoms with Crippen LogP contribution in [0, 0.1) is 6.92 Å². The van der Waals surface area contributed by atoms with Crippen molar-refractivity contribution in [3.8, 4) is 5.69 Å². The molecule has 100 valence electrons. The molecule has 0 aliphatic carbocycles. The average molecular weight is 267 g/mol. The van der Waals surface area contributed by atoms with Gasteiger partial charge in [0, 0.05) is 35.3 Å². The normalized spacial score (nSPS) is 10.9. The van der Waals surface area contributed by atoms with Crippen LogP contribution in [0.3, 0.4) is 0 Å². The third kappa shape index (κ3) is 1.98. The second-order valence-electron chi connectivity index (χ2n) is 4.49. The Morgan fingerprint density at radius 1 is 1.30 bits per heavy atom. The van der Waals surface area contributed by atoms with Crippen molar-refractivity contribution in [2.75, 3.05) is 0 Å². The predicted molar refractivity (Wildman–Crippen MR) is 72.7 cm³/mol. The summed E-state index contributed by atoms with van der Waals surface area (Å²) in [4.78, 5) is 4.15. The third-order valence-corrected chi connectivity index (χ3v) is 3.20. The molecule has 3 aromatic rings. The highest BCUT2D eigenvalue weighted by Crippen LogP contribution is 2.20. The molecule has 5 nitrogen and oxygen atoms in total. The summed E-state index contributed by atoms with van der Waals surface area (Å²) >= 11 is 0. The van der Waals surface area contributed by atoms with Gasteiger partial charge in [-0.1, -0.05) is 6.07 Å². The number of nitrogens with zero attached hydrogens (tertiary/aromatic N) is 3. The van der Waals surface area contributed by atoms with Gasteiger partial charge >= 0.3 is 0 Å². The van der Waals surface area contributed by atoms with Crippen LogP contribution in [0.15, 0.2) is 47.3 Å². The Morgan fingerprint density at radius 2 is 2.05 bits per heavy atom. The molecule has 0 saturated carbocycles. The Hall–Kier alpha value is -2.53. The monoisotopic (exact) mass is 267 g/mol. The zero-order valence-electron chi connectivity index (χ0n) is 10.9. The number of fused-ring (bicyclic) bond motifs is 1. The molecule has 3 rings (SSSR count). The van der Waals surface area contributed by atoms with Crippen LogP contribution in [0.1, 0.15) is 11.3 Å². The van der Waals surface area contributed by atoms with Crippen molar-refractivity contribution in [1.82, 2.24) is 4.98 Å². The highest BCUT2D eigenvalue weighted by molar-refractivity contribution is 5.82. The van der Waals surface area contributed by atoms with E-state index >= 15 is 0 Å². The Kier molecular flexibility index (Phi) is 3.04. The van der Waals surface area contributed by atoms with Gasteiger partial charge in [-0.15, -0.1) is 0 Å². The summed E-state index contributed by atoms with van der Waals surface area (Å²) < 4.78 is 7.23. The molecule has 0 radical (unpaired) electrons. The van der Waals surface area contributed by atoms with E-state index in [-0.39, 0.29) is 12.2 Å². The minimum atomic E-state index is -0.186. The number of aromatic nitrogens is 2. The molecule has 0 saturated heterocycles. The fourth-order valence-electron chi connectivity index (χ4n) is 2.15. The molecule has 3 heterocycles. The quantitative estimate of drug-likeness (QED) is 0.713. The van der Waals surface area contributed by atoms with Crippen molar-refractivity contribution < 1.29 is 14.1 Å². The molecule has 3 aromatic heterocycles. The van der Waals surface area contributed by atoms with E-state index in [9.17, 15) is 10.5 Å². The molecular formula is C15H13N3O2. The number of aliphatic hydroxyl groups is 1. The zero-order chi connectivity index (χ0) is 14.1. The van der Waals surface area contributed by atoms with E-state index in [0.717, 1.165) is 5.39 Å². The molecule has 5 heteroatoms. The number of aryl methyl sites for hydroxylation is 1. The molecule has 0 aliphatic heterocycles. The topological polar surface area (TPSA) is 72.4 Å². The SMILES string of the molecule is Cc1ncc(CO)c2cc(-[n+]3ccccc3)c(=[N-])oc12. The van der Waals surface area contributed by atoms with Gasteiger partial charge in [0.1, 0.15) is 0 Å². The first-order valence-corrected chi connectivity index (χ1v) is 6.22.